The fourth-order valence-electron chi connectivity index (χ4n) is 3.50. The predicted octanol–water partition coefficient (Wildman–Crippen LogP) is 3.00. The largest absolute Gasteiger partial charge is 0.395 e. The first kappa shape index (κ1) is 18.9. The first-order valence-corrected chi connectivity index (χ1v) is 9.46. The number of amides is 1. The van der Waals surface area contributed by atoms with Gasteiger partial charge in [-0.25, -0.2) is 0 Å². The summed E-state index contributed by atoms with van der Waals surface area (Å²) >= 11 is 6.19. The normalized spacial score (nSPS) is 16.5. The number of hydrogen-bond donors (Lipinski definition) is 1. The van der Waals surface area contributed by atoms with Gasteiger partial charge in [-0.1, -0.05) is 54.1 Å². The van der Waals surface area contributed by atoms with Crippen molar-refractivity contribution < 1.29 is 9.90 Å². The van der Waals surface area contributed by atoms with Gasteiger partial charge in [-0.05, 0) is 23.3 Å². The maximum atomic E-state index is 12.9. The molecule has 1 fully saturated rings. The van der Waals surface area contributed by atoms with Gasteiger partial charge >= 0.3 is 0 Å². The smallest absolute Gasteiger partial charge is 0.223 e. The highest BCUT2D eigenvalue weighted by atomic mass is 35.5. The zero-order valence-corrected chi connectivity index (χ0v) is 15.6. The maximum Gasteiger partial charge on any atom is 0.223 e. The van der Waals surface area contributed by atoms with Crippen LogP contribution in [-0.4, -0.2) is 60.1 Å². The van der Waals surface area contributed by atoms with Crippen molar-refractivity contribution in [2.24, 2.45) is 0 Å². The van der Waals surface area contributed by atoms with Gasteiger partial charge in [-0.15, -0.1) is 0 Å². The van der Waals surface area contributed by atoms with Gasteiger partial charge in [-0.2, -0.15) is 0 Å². The Labute approximate surface area is 160 Å². The van der Waals surface area contributed by atoms with Crippen LogP contribution in [0.3, 0.4) is 0 Å². The summed E-state index contributed by atoms with van der Waals surface area (Å²) in [5.41, 5.74) is 2.19. The highest BCUT2D eigenvalue weighted by Crippen LogP contribution is 2.30. The molecule has 1 aliphatic rings. The second-order valence-corrected chi connectivity index (χ2v) is 7.10. The Balaban J connectivity index is 1.73. The summed E-state index contributed by atoms with van der Waals surface area (Å²) in [5.74, 6) is 0.167. The molecule has 138 valence electrons. The number of halogens is 1. The molecule has 1 amide bonds. The molecule has 26 heavy (non-hydrogen) atoms. The summed E-state index contributed by atoms with van der Waals surface area (Å²) in [5, 5.41) is 9.74. The van der Waals surface area contributed by atoms with E-state index in [-0.39, 0.29) is 18.4 Å². The number of β-amino-alcohol motifs (C(OH)–C–C–N with tert-alkyl or cyclic N) is 1. The van der Waals surface area contributed by atoms with E-state index < -0.39 is 0 Å². The number of piperazine rings is 1. The van der Waals surface area contributed by atoms with E-state index in [2.05, 4.69) is 17.0 Å². The topological polar surface area (TPSA) is 43.8 Å². The van der Waals surface area contributed by atoms with Crippen LogP contribution in [0.5, 0.6) is 0 Å². The third-order valence-electron chi connectivity index (χ3n) is 4.97. The standard InChI is InChI=1S/C21H25ClN2O2/c22-19-8-4-7-18(15-19)20(17-5-2-1-3-6-17)16-21(26)24-11-9-23(10-12-24)13-14-25/h1-8,15,20,25H,9-14,16H2/t20-/m1/s1. The minimum atomic E-state index is -0.00197. The van der Waals surface area contributed by atoms with Crippen molar-refractivity contribution in [3.8, 4) is 0 Å². The van der Waals surface area contributed by atoms with Crippen LogP contribution in [0.1, 0.15) is 23.5 Å². The van der Waals surface area contributed by atoms with Crippen LogP contribution in [0, 0.1) is 0 Å². The summed E-state index contributed by atoms with van der Waals surface area (Å²) in [6, 6.07) is 17.9. The van der Waals surface area contributed by atoms with Crippen molar-refractivity contribution in [2.75, 3.05) is 39.3 Å². The highest BCUT2D eigenvalue weighted by Gasteiger charge is 2.25. The van der Waals surface area contributed by atoms with E-state index in [0.717, 1.165) is 37.3 Å². The molecule has 0 aromatic heterocycles. The van der Waals surface area contributed by atoms with Gasteiger partial charge in [0.15, 0.2) is 0 Å². The Bertz CT molecular complexity index is 715. The molecule has 0 radical (unpaired) electrons. The van der Waals surface area contributed by atoms with E-state index in [4.69, 9.17) is 16.7 Å². The van der Waals surface area contributed by atoms with Crippen molar-refractivity contribution in [1.29, 1.82) is 0 Å². The number of rotatable bonds is 6. The predicted molar refractivity (Wildman–Crippen MR) is 104 cm³/mol. The average Bonchev–Trinajstić information content (AvgIpc) is 2.67. The van der Waals surface area contributed by atoms with Crippen LogP contribution >= 0.6 is 11.6 Å². The third-order valence-corrected chi connectivity index (χ3v) is 5.21. The minimum absolute atomic E-state index is 0.00197. The summed E-state index contributed by atoms with van der Waals surface area (Å²) in [4.78, 5) is 17.1. The number of nitrogens with zero attached hydrogens (tertiary/aromatic N) is 2. The lowest BCUT2D eigenvalue weighted by Crippen LogP contribution is -2.49. The van der Waals surface area contributed by atoms with Gasteiger partial charge in [-0.3, -0.25) is 9.69 Å². The fourth-order valence-corrected chi connectivity index (χ4v) is 3.70. The van der Waals surface area contributed by atoms with Crippen LogP contribution in [0.2, 0.25) is 5.02 Å². The van der Waals surface area contributed by atoms with Gasteiger partial charge < -0.3 is 10.0 Å². The first-order valence-electron chi connectivity index (χ1n) is 9.09. The molecular formula is C21H25ClN2O2. The summed E-state index contributed by atoms with van der Waals surface area (Å²) < 4.78 is 0. The molecule has 3 rings (SSSR count). The van der Waals surface area contributed by atoms with Crippen molar-refractivity contribution in [3.05, 3.63) is 70.7 Å². The highest BCUT2D eigenvalue weighted by molar-refractivity contribution is 6.30. The number of aliphatic hydroxyl groups excluding tert-OH is 1. The molecule has 0 unspecified atom stereocenters. The van der Waals surface area contributed by atoms with E-state index in [0.29, 0.717) is 18.0 Å². The number of benzene rings is 2. The zero-order valence-electron chi connectivity index (χ0n) is 14.9. The Morgan fingerprint density at radius 2 is 1.69 bits per heavy atom. The molecule has 1 N–H and O–H groups in total. The second kappa shape index (κ2) is 9.17. The molecule has 2 aromatic carbocycles. The van der Waals surface area contributed by atoms with Crippen molar-refractivity contribution in [3.63, 3.8) is 0 Å². The van der Waals surface area contributed by atoms with E-state index in [1.165, 1.54) is 0 Å². The summed E-state index contributed by atoms with van der Waals surface area (Å²) in [7, 11) is 0. The van der Waals surface area contributed by atoms with Crippen LogP contribution < -0.4 is 0 Å². The van der Waals surface area contributed by atoms with Crippen LogP contribution in [-0.2, 0) is 4.79 Å². The van der Waals surface area contributed by atoms with Crippen molar-refractivity contribution in [2.45, 2.75) is 12.3 Å². The minimum Gasteiger partial charge on any atom is -0.395 e. The Morgan fingerprint density at radius 3 is 2.35 bits per heavy atom. The van der Waals surface area contributed by atoms with Crippen LogP contribution in [0.25, 0.3) is 0 Å². The zero-order chi connectivity index (χ0) is 18.4. The van der Waals surface area contributed by atoms with Gasteiger partial charge in [0.1, 0.15) is 0 Å². The number of carbonyl (C=O) groups excluding carboxylic acids is 1. The number of hydrogen-bond acceptors (Lipinski definition) is 3. The molecule has 1 heterocycles. The molecule has 5 heteroatoms. The van der Waals surface area contributed by atoms with E-state index in [1.54, 1.807) is 0 Å². The average molecular weight is 373 g/mol. The second-order valence-electron chi connectivity index (χ2n) is 6.67. The fraction of sp³-hybridized carbons (Fsp3) is 0.381. The van der Waals surface area contributed by atoms with E-state index in [9.17, 15) is 4.79 Å². The molecule has 4 nitrogen and oxygen atoms in total. The molecule has 1 atom stereocenters. The van der Waals surface area contributed by atoms with E-state index >= 15 is 0 Å². The van der Waals surface area contributed by atoms with Crippen LogP contribution in [0.15, 0.2) is 54.6 Å². The lowest BCUT2D eigenvalue weighted by Gasteiger charge is -2.35. The SMILES string of the molecule is O=C(C[C@H](c1ccccc1)c1cccc(Cl)c1)N1CCN(CCO)CC1. The first-order chi connectivity index (χ1) is 12.7. The molecule has 0 aliphatic carbocycles. The van der Waals surface area contributed by atoms with Gasteiger partial charge in [0, 0.05) is 50.1 Å². The Hall–Kier alpha value is -1.88. The molecular weight excluding hydrogens is 348 g/mol. The van der Waals surface area contributed by atoms with Crippen molar-refractivity contribution in [1.82, 2.24) is 9.80 Å². The molecule has 0 saturated carbocycles. The van der Waals surface area contributed by atoms with Gasteiger partial charge in [0.05, 0.1) is 6.61 Å². The van der Waals surface area contributed by atoms with E-state index in [1.807, 2.05) is 47.4 Å². The Morgan fingerprint density at radius 1 is 1.00 bits per heavy atom. The molecule has 0 spiro atoms. The Kier molecular flexibility index (Phi) is 6.67. The van der Waals surface area contributed by atoms with Gasteiger partial charge in [0.2, 0.25) is 5.91 Å². The number of carbonyl (C=O) groups is 1. The van der Waals surface area contributed by atoms with Crippen molar-refractivity contribution >= 4 is 17.5 Å². The lowest BCUT2D eigenvalue weighted by atomic mass is 9.88. The maximum absolute atomic E-state index is 12.9. The molecule has 1 aliphatic heterocycles. The van der Waals surface area contributed by atoms with Gasteiger partial charge in [0.25, 0.3) is 0 Å². The summed E-state index contributed by atoms with van der Waals surface area (Å²) in [6.07, 6.45) is 0.435. The monoisotopic (exact) mass is 372 g/mol. The molecule has 1 saturated heterocycles. The van der Waals surface area contributed by atoms with Crippen LogP contribution in [0.4, 0.5) is 0 Å². The quantitative estimate of drug-likeness (QED) is 0.847. The lowest BCUT2D eigenvalue weighted by molar-refractivity contribution is -0.133. The summed E-state index contributed by atoms with van der Waals surface area (Å²) in [6.45, 7) is 3.92. The number of aliphatic hydroxyl groups is 1. The molecule has 2 aromatic rings. The third kappa shape index (κ3) is 4.85. The molecule has 0 bridgehead atoms.